The second-order valence-corrected chi connectivity index (χ2v) is 7.13. The highest BCUT2D eigenvalue weighted by Gasteiger charge is 2.26. The number of likely N-dealkylation sites (tertiary alicyclic amines) is 1. The lowest BCUT2D eigenvalue weighted by atomic mass is 10.1. The van der Waals surface area contributed by atoms with Crippen LogP contribution in [-0.2, 0) is 0 Å². The van der Waals surface area contributed by atoms with Gasteiger partial charge in [0, 0.05) is 18.9 Å². The van der Waals surface area contributed by atoms with Gasteiger partial charge < -0.3 is 9.64 Å². The predicted molar refractivity (Wildman–Crippen MR) is 88.3 cm³/mol. The Bertz CT molecular complexity index is 659. The smallest absolute Gasteiger partial charge is 0.316 e. The Hall–Kier alpha value is -1.47. The van der Waals surface area contributed by atoms with Crippen molar-refractivity contribution < 1.29 is 9.53 Å². The van der Waals surface area contributed by atoms with Crippen molar-refractivity contribution in [2.24, 2.45) is 0 Å². The number of rotatable bonds is 3. The molecule has 0 spiro atoms. The van der Waals surface area contributed by atoms with Crippen molar-refractivity contribution in [1.29, 1.82) is 0 Å². The van der Waals surface area contributed by atoms with Gasteiger partial charge in [-0.25, -0.2) is 9.97 Å². The Morgan fingerprint density at radius 3 is 2.91 bits per heavy atom. The second kappa shape index (κ2) is 6.75. The molecule has 1 amide bonds. The summed E-state index contributed by atoms with van der Waals surface area (Å²) in [7, 11) is 0. The fourth-order valence-corrected chi connectivity index (χ4v) is 3.50. The average molecular weight is 382 g/mol. The lowest BCUT2D eigenvalue weighted by molar-refractivity contribution is 0.0520. The van der Waals surface area contributed by atoms with Gasteiger partial charge in [-0.05, 0) is 52.7 Å². The van der Waals surface area contributed by atoms with E-state index in [2.05, 4.69) is 25.9 Å². The molecule has 5 nitrogen and oxygen atoms in total. The normalized spacial score (nSPS) is 18.3. The van der Waals surface area contributed by atoms with E-state index in [-0.39, 0.29) is 12.0 Å². The molecule has 7 heteroatoms. The van der Waals surface area contributed by atoms with Crippen molar-refractivity contribution in [3.05, 3.63) is 38.8 Å². The van der Waals surface area contributed by atoms with Crippen LogP contribution in [0.2, 0.25) is 0 Å². The number of hydrogen-bond acceptors (Lipinski definition) is 5. The largest absolute Gasteiger partial charge is 0.458 e. The molecule has 2 aromatic heterocycles. The summed E-state index contributed by atoms with van der Waals surface area (Å²) in [6, 6.07) is 2.30. The van der Waals surface area contributed by atoms with Crippen LogP contribution in [0.1, 0.15) is 28.1 Å². The topological polar surface area (TPSA) is 55.3 Å². The minimum Gasteiger partial charge on any atom is -0.458 e. The van der Waals surface area contributed by atoms with Gasteiger partial charge in [-0.2, -0.15) is 0 Å². The molecule has 1 atom stereocenters. The summed E-state index contributed by atoms with van der Waals surface area (Å²) >= 11 is 4.79. The number of carbonyl (C=O) groups excluding carboxylic acids is 1. The van der Waals surface area contributed by atoms with Gasteiger partial charge in [-0.1, -0.05) is 0 Å². The maximum atomic E-state index is 12.5. The summed E-state index contributed by atoms with van der Waals surface area (Å²) in [5.74, 6) is 0.0862. The SMILES string of the molecule is Cc1csc(C(=O)N2CCCC(Oc3ncc(Br)cn3)C2)c1. The number of nitrogens with zero attached hydrogens (tertiary/aromatic N) is 3. The Balaban J connectivity index is 1.63. The molecule has 1 fully saturated rings. The number of hydrogen-bond donors (Lipinski definition) is 0. The van der Waals surface area contributed by atoms with Gasteiger partial charge in [-0.3, -0.25) is 4.79 Å². The van der Waals surface area contributed by atoms with Crippen LogP contribution in [0.5, 0.6) is 6.01 Å². The molecule has 3 heterocycles. The lowest BCUT2D eigenvalue weighted by Crippen LogP contribution is -2.44. The van der Waals surface area contributed by atoms with E-state index < -0.39 is 0 Å². The number of piperidine rings is 1. The number of amides is 1. The first-order chi connectivity index (χ1) is 10.6. The van der Waals surface area contributed by atoms with E-state index in [4.69, 9.17) is 4.74 Å². The zero-order chi connectivity index (χ0) is 15.5. The molecular formula is C15H16BrN3O2S. The molecule has 1 aliphatic rings. The van der Waals surface area contributed by atoms with E-state index in [1.165, 1.54) is 11.3 Å². The number of ether oxygens (including phenoxy) is 1. The fraction of sp³-hybridized carbons (Fsp3) is 0.400. The van der Waals surface area contributed by atoms with Gasteiger partial charge in [0.2, 0.25) is 0 Å². The standard InChI is InChI=1S/C15H16BrN3O2S/c1-10-5-13(22-9-10)14(20)19-4-2-3-12(8-19)21-15-17-6-11(16)7-18-15/h5-7,9,12H,2-4,8H2,1H3. The Morgan fingerprint density at radius 2 is 2.23 bits per heavy atom. The van der Waals surface area contributed by atoms with E-state index in [0.29, 0.717) is 12.6 Å². The summed E-state index contributed by atoms with van der Waals surface area (Å²) in [5, 5.41) is 2.00. The van der Waals surface area contributed by atoms with Crippen molar-refractivity contribution in [2.45, 2.75) is 25.9 Å². The third-order valence-electron chi connectivity index (χ3n) is 3.48. The fourth-order valence-electron chi connectivity index (χ4n) is 2.43. The predicted octanol–water partition coefficient (Wildman–Crippen LogP) is 3.29. The van der Waals surface area contributed by atoms with Crippen LogP contribution < -0.4 is 4.74 Å². The lowest BCUT2D eigenvalue weighted by Gasteiger charge is -2.32. The van der Waals surface area contributed by atoms with Crippen LogP contribution in [0, 0.1) is 6.92 Å². The van der Waals surface area contributed by atoms with Gasteiger partial charge >= 0.3 is 6.01 Å². The van der Waals surface area contributed by atoms with Crippen LogP contribution in [0.15, 0.2) is 28.3 Å². The first kappa shape index (κ1) is 15.4. The molecule has 2 aromatic rings. The second-order valence-electron chi connectivity index (χ2n) is 5.31. The molecule has 3 rings (SSSR count). The monoisotopic (exact) mass is 381 g/mol. The zero-order valence-electron chi connectivity index (χ0n) is 12.2. The number of thiophene rings is 1. The quantitative estimate of drug-likeness (QED) is 0.818. The molecule has 0 bridgehead atoms. The highest BCUT2D eigenvalue weighted by molar-refractivity contribution is 9.10. The van der Waals surface area contributed by atoms with E-state index in [0.717, 1.165) is 34.3 Å². The maximum Gasteiger partial charge on any atom is 0.316 e. The van der Waals surface area contributed by atoms with Crippen LogP contribution in [-0.4, -0.2) is 40.0 Å². The minimum absolute atomic E-state index is 0.0556. The molecule has 0 aromatic carbocycles. The Morgan fingerprint density at radius 1 is 1.45 bits per heavy atom. The number of aryl methyl sites for hydroxylation is 1. The Kier molecular flexibility index (Phi) is 4.73. The molecule has 0 radical (unpaired) electrons. The van der Waals surface area contributed by atoms with Crippen molar-refractivity contribution >= 4 is 33.2 Å². The summed E-state index contributed by atoms with van der Waals surface area (Å²) in [4.78, 5) is 23.4. The van der Waals surface area contributed by atoms with Crippen LogP contribution in [0.3, 0.4) is 0 Å². The Labute approximate surface area is 141 Å². The molecule has 1 aliphatic heterocycles. The number of carbonyl (C=O) groups is 1. The highest BCUT2D eigenvalue weighted by Crippen LogP contribution is 2.21. The third-order valence-corrected chi connectivity index (χ3v) is 4.92. The third kappa shape index (κ3) is 3.64. The van der Waals surface area contributed by atoms with Crippen LogP contribution in [0.25, 0.3) is 0 Å². The van der Waals surface area contributed by atoms with Crippen LogP contribution >= 0.6 is 27.3 Å². The van der Waals surface area contributed by atoms with Gasteiger partial charge in [0.25, 0.3) is 5.91 Å². The molecule has 0 N–H and O–H groups in total. The van der Waals surface area contributed by atoms with Crippen molar-refractivity contribution in [1.82, 2.24) is 14.9 Å². The molecule has 1 saturated heterocycles. The first-order valence-electron chi connectivity index (χ1n) is 7.10. The molecule has 1 unspecified atom stereocenters. The molecule has 0 aliphatic carbocycles. The van der Waals surface area contributed by atoms with E-state index >= 15 is 0 Å². The van der Waals surface area contributed by atoms with E-state index in [9.17, 15) is 4.79 Å². The summed E-state index contributed by atoms with van der Waals surface area (Å²) < 4.78 is 6.61. The van der Waals surface area contributed by atoms with Crippen molar-refractivity contribution in [3.8, 4) is 6.01 Å². The van der Waals surface area contributed by atoms with E-state index in [1.54, 1.807) is 12.4 Å². The summed E-state index contributed by atoms with van der Waals surface area (Å²) in [5.41, 5.74) is 1.13. The average Bonchev–Trinajstić information content (AvgIpc) is 2.96. The molecule has 116 valence electrons. The summed E-state index contributed by atoms with van der Waals surface area (Å²) in [6.07, 6.45) is 5.09. The van der Waals surface area contributed by atoms with Crippen LogP contribution in [0.4, 0.5) is 0 Å². The maximum absolute atomic E-state index is 12.5. The van der Waals surface area contributed by atoms with E-state index in [1.807, 2.05) is 23.3 Å². The minimum atomic E-state index is -0.0556. The van der Waals surface area contributed by atoms with Crippen molar-refractivity contribution in [2.75, 3.05) is 13.1 Å². The molecular weight excluding hydrogens is 366 g/mol. The number of aromatic nitrogens is 2. The number of halogens is 1. The zero-order valence-corrected chi connectivity index (χ0v) is 14.6. The molecule has 0 saturated carbocycles. The first-order valence-corrected chi connectivity index (χ1v) is 8.77. The van der Waals surface area contributed by atoms with Gasteiger partial charge in [-0.15, -0.1) is 11.3 Å². The van der Waals surface area contributed by atoms with Gasteiger partial charge in [0.15, 0.2) is 0 Å². The van der Waals surface area contributed by atoms with Crippen molar-refractivity contribution in [3.63, 3.8) is 0 Å². The molecule has 22 heavy (non-hydrogen) atoms. The highest BCUT2D eigenvalue weighted by atomic mass is 79.9. The summed E-state index contributed by atoms with van der Waals surface area (Å²) in [6.45, 7) is 3.35. The van der Waals surface area contributed by atoms with Gasteiger partial charge in [0.1, 0.15) is 6.10 Å². The van der Waals surface area contributed by atoms with Gasteiger partial charge in [0.05, 0.1) is 15.9 Å².